The van der Waals surface area contributed by atoms with Crippen LogP contribution in [0.5, 0.6) is 0 Å². The van der Waals surface area contributed by atoms with Crippen molar-refractivity contribution in [1.29, 1.82) is 0 Å². The van der Waals surface area contributed by atoms with Crippen molar-refractivity contribution in [2.75, 3.05) is 7.05 Å². The van der Waals surface area contributed by atoms with Crippen molar-refractivity contribution < 1.29 is 17.5 Å². The van der Waals surface area contributed by atoms with Crippen molar-refractivity contribution in [3.05, 3.63) is 142 Å². The summed E-state index contributed by atoms with van der Waals surface area (Å²) < 4.78 is 38.4. The minimum atomic E-state index is -4.43. The summed E-state index contributed by atoms with van der Waals surface area (Å²) in [7, 11) is -2.99. The first kappa shape index (κ1) is 29.7. The second-order valence-corrected chi connectivity index (χ2v) is 12.9. The number of hydrogen-bond acceptors (Lipinski definition) is 3. The van der Waals surface area contributed by atoms with Crippen molar-refractivity contribution in [2.24, 2.45) is 0 Å². The standard InChI is InChI=1S/C35H39N3O3S/c1-25-21-26(2)32(27(3)22-25)23-37-24-38(33(29-15-9-6-10-16-29)28(4)36(5)42(39,40)41)35(31-19-13-8-14-20-31)34(37)30-17-11-7-12-18-30/h6-22,24,28,33-35H,23H2,1-5H3/p+1/t28-,33-,34+,35+/m1/s1. The Balaban J connectivity index is 1.74. The fourth-order valence-corrected chi connectivity index (χ4v) is 7.01. The summed E-state index contributed by atoms with van der Waals surface area (Å²) in [5.41, 5.74) is 8.30. The molecule has 0 aliphatic carbocycles. The van der Waals surface area contributed by atoms with Gasteiger partial charge in [-0.2, -0.15) is 12.7 Å². The predicted molar refractivity (Wildman–Crippen MR) is 169 cm³/mol. The van der Waals surface area contributed by atoms with E-state index in [1.165, 1.54) is 34.9 Å². The Hall–Kier alpha value is -3.78. The quantitative estimate of drug-likeness (QED) is 0.174. The van der Waals surface area contributed by atoms with Gasteiger partial charge in [0.2, 0.25) is 6.34 Å². The van der Waals surface area contributed by atoms with Crippen LogP contribution in [0.2, 0.25) is 0 Å². The molecule has 1 heterocycles. The van der Waals surface area contributed by atoms with E-state index in [9.17, 15) is 13.0 Å². The Bertz CT molecular complexity index is 1630. The molecule has 7 heteroatoms. The van der Waals surface area contributed by atoms with Crippen LogP contribution in [0.25, 0.3) is 0 Å². The molecule has 1 aliphatic rings. The fourth-order valence-electron chi connectivity index (χ4n) is 6.47. The molecule has 0 spiro atoms. The molecule has 0 aromatic heterocycles. The number of hydrogen-bond donors (Lipinski definition) is 1. The van der Waals surface area contributed by atoms with Gasteiger partial charge in [-0.25, -0.2) is 4.90 Å². The molecule has 0 radical (unpaired) electrons. The topological polar surface area (TPSA) is 63.9 Å². The molecule has 0 saturated heterocycles. The van der Waals surface area contributed by atoms with Crippen LogP contribution in [-0.4, -0.2) is 46.2 Å². The molecule has 5 rings (SSSR count). The lowest BCUT2D eigenvalue weighted by atomic mass is 9.89. The largest absolute Gasteiger partial charge is 0.336 e. The molecule has 4 aromatic carbocycles. The van der Waals surface area contributed by atoms with Crippen molar-refractivity contribution in [1.82, 2.24) is 9.21 Å². The SMILES string of the molecule is Cc1cc(C)c(C[N+]2=CN([C@@H](c3ccccc3)[C@@H](C)N(C)S(=O)(=O)O)[C@@H](c3ccccc3)[C@@H]2c2ccccc2)c(C)c1. The molecule has 218 valence electrons. The molecule has 6 nitrogen and oxygen atoms in total. The molecule has 0 amide bonds. The highest BCUT2D eigenvalue weighted by Crippen LogP contribution is 2.46. The zero-order valence-corrected chi connectivity index (χ0v) is 25.7. The Morgan fingerprint density at radius 2 is 1.33 bits per heavy atom. The van der Waals surface area contributed by atoms with Crippen LogP contribution in [0, 0.1) is 20.8 Å². The van der Waals surface area contributed by atoms with E-state index in [1.807, 2.05) is 49.4 Å². The summed E-state index contributed by atoms with van der Waals surface area (Å²) in [5.74, 6) is 0. The number of nitrogens with zero attached hydrogens (tertiary/aromatic N) is 3. The Morgan fingerprint density at radius 1 is 0.833 bits per heavy atom. The summed E-state index contributed by atoms with van der Waals surface area (Å²) in [5, 5.41) is 0. The molecule has 42 heavy (non-hydrogen) atoms. The van der Waals surface area contributed by atoms with Crippen LogP contribution < -0.4 is 0 Å². The highest BCUT2D eigenvalue weighted by molar-refractivity contribution is 7.83. The normalized spacial score (nSPS) is 18.6. The van der Waals surface area contributed by atoms with Crippen LogP contribution in [0.1, 0.15) is 64.0 Å². The summed E-state index contributed by atoms with van der Waals surface area (Å²) >= 11 is 0. The third-order valence-electron chi connectivity index (χ3n) is 8.58. The molecule has 0 bridgehead atoms. The van der Waals surface area contributed by atoms with Gasteiger partial charge in [-0.3, -0.25) is 9.13 Å². The number of likely N-dealkylation sites (N-methyl/N-ethyl adjacent to an activating group) is 1. The molecule has 0 unspecified atom stereocenters. The lowest BCUT2D eigenvalue weighted by Gasteiger charge is -2.35. The van der Waals surface area contributed by atoms with Gasteiger partial charge in [0.1, 0.15) is 12.6 Å². The maximum atomic E-state index is 12.4. The van der Waals surface area contributed by atoms with Gasteiger partial charge in [-0.15, -0.1) is 0 Å². The predicted octanol–water partition coefficient (Wildman–Crippen LogP) is 6.82. The molecule has 4 aromatic rings. The van der Waals surface area contributed by atoms with Crippen molar-refractivity contribution in [3.63, 3.8) is 0 Å². The maximum absolute atomic E-state index is 12.4. The van der Waals surface area contributed by atoms with Gasteiger partial charge in [0, 0.05) is 18.2 Å². The number of rotatable bonds is 9. The monoisotopic (exact) mass is 582 g/mol. The van der Waals surface area contributed by atoms with Gasteiger partial charge in [0.15, 0.2) is 12.1 Å². The summed E-state index contributed by atoms with van der Waals surface area (Å²) in [4.78, 5) is 2.30. The van der Waals surface area contributed by atoms with Crippen molar-refractivity contribution in [2.45, 2.75) is 58.4 Å². The molecular formula is C35H40N3O3S+. The molecular weight excluding hydrogens is 542 g/mol. The van der Waals surface area contributed by atoms with Crippen LogP contribution in [0.4, 0.5) is 0 Å². The number of benzene rings is 4. The Kier molecular flexibility index (Phi) is 8.64. The Morgan fingerprint density at radius 3 is 1.86 bits per heavy atom. The van der Waals surface area contributed by atoms with E-state index in [1.54, 1.807) is 0 Å². The van der Waals surface area contributed by atoms with Gasteiger partial charge >= 0.3 is 10.3 Å². The van der Waals surface area contributed by atoms with Crippen LogP contribution in [0.15, 0.2) is 103 Å². The molecule has 0 fully saturated rings. The summed E-state index contributed by atoms with van der Waals surface area (Å²) in [6, 6.07) is 34.2. The van der Waals surface area contributed by atoms with Crippen LogP contribution in [0.3, 0.4) is 0 Å². The molecule has 4 atom stereocenters. The lowest BCUT2D eigenvalue weighted by molar-refractivity contribution is -0.578. The van der Waals surface area contributed by atoms with E-state index in [0.29, 0.717) is 6.54 Å². The maximum Gasteiger partial charge on any atom is 0.336 e. The van der Waals surface area contributed by atoms with Gasteiger partial charge in [-0.1, -0.05) is 109 Å². The summed E-state index contributed by atoms with van der Waals surface area (Å²) in [6.07, 6.45) is 2.18. The minimum absolute atomic E-state index is 0.0526. The van der Waals surface area contributed by atoms with E-state index in [2.05, 4.69) is 97.2 Å². The van der Waals surface area contributed by atoms with E-state index >= 15 is 0 Å². The zero-order chi connectivity index (χ0) is 30.0. The van der Waals surface area contributed by atoms with Gasteiger partial charge in [0.25, 0.3) is 0 Å². The molecule has 1 aliphatic heterocycles. The van der Waals surface area contributed by atoms with E-state index < -0.39 is 16.3 Å². The smallest absolute Gasteiger partial charge is 0.273 e. The van der Waals surface area contributed by atoms with E-state index in [4.69, 9.17) is 0 Å². The second-order valence-electron chi connectivity index (χ2n) is 11.4. The minimum Gasteiger partial charge on any atom is -0.273 e. The molecule has 0 saturated carbocycles. The first-order chi connectivity index (χ1) is 20.1. The molecule has 1 N–H and O–H groups in total. The van der Waals surface area contributed by atoms with Crippen molar-refractivity contribution >= 4 is 16.6 Å². The van der Waals surface area contributed by atoms with Gasteiger partial charge in [-0.05, 0) is 49.9 Å². The first-order valence-corrected chi connectivity index (χ1v) is 15.8. The van der Waals surface area contributed by atoms with E-state index in [0.717, 1.165) is 15.4 Å². The third kappa shape index (κ3) is 6.04. The highest BCUT2D eigenvalue weighted by atomic mass is 32.2. The van der Waals surface area contributed by atoms with Gasteiger partial charge in [0.05, 0.1) is 6.04 Å². The third-order valence-corrected chi connectivity index (χ3v) is 9.64. The van der Waals surface area contributed by atoms with Gasteiger partial charge < -0.3 is 0 Å². The average molecular weight is 583 g/mol. The van der Waals surface area contributed by atoms with Crippen LogP contribution in [-0.2, 0) is 16.8 Å². The first-order valence-electron chi connectivity index (χ1n) is 14.4. The average Bonchev–Trinajstić information content (AvgIpc) is 3.34. The van der Waals surface area contributed by atoms with Crippen molar-refractivity contribution in [3.8, 4) is 0 Å². The van der Waals surface area contributed by atoms with Crippen LogP contribution >= 0.6 is 0 Å². The fraction of sp³-hybridized carbons (Fsp3) is 0.286. The number of aryl methyl sites for hydroxylation is 3. The Labute approximate surface area is 250 Å². The van der Waals surface area contributed by atoms with E-state index in [-0.39, 0.29) is 18.1 Å². The summed E-state index contributed by atoms with van der Waals surface area (Å²) in [6.45, 7) is 9.02. The second kappa shape index (κ2) is 12.2. The zero-order valence-electron chi connectivity index (χ0n) is 24.9. The lowest BCUT2D eigenvalue weighted by Crippen LogP contribution is -2.45. The highest BCUT2D eigenvalue weighted by Gasteiger charge is 2.50.